The molecule has 0 amide bonds. The summed E-state index contributed by atoms with van der Waals surface area (Å²) in [5, 5.41) is 3.38. The normalized spacial score (nSPS) is 11.2. The van der Waals surface area contributed by atoms with E-state index in [2.05, 4.69) is 36.1 Å². The first-order valence-electron chi connectivity index (χ1n) is 6.04. The molecule has 0 saturated heterocycles. The third-order valence-electron chi connectivity index (χ3n) is 2.82. The number of rotatable bonds is 7. The number of hydrogen-bond acceptors (Lipinski definition) is 4. The summed E-state index contributed by atoms with van der Waals surface area (Å²) in [7, 11) is 3.77. The lowest BCUT2D eigenvalue weighted by atomic mass is 10.3. The molecule has 1 heterocycles. The minimum Gasteiger partial charge on any atom is -0.481 e. The van der Waals surface area contributed by atoms with Gasteiger partial charge >= 0.3 is 0 Å². The van der Waals surface area contributed by atoms with Crippen molar-refractivity contribution in [2.75, 3.05) is 27.2 Å². The molecular weight excluding hydrogens is 214 g/mol. The van der Waals surface area contributed by atoms with Gasteiger partial charge in [0.25, 0.3) is 0 Å². The van der Waals surface area contributed by atoms with Gasteiger partial charge in [-0.25, -0.2) is 4.98 Å². The zero-order valence-corrected chi connectivity index (χ0v) is 11.2. The summed E-state index contributed by atoms with van der Waals surface area (Å²) < 4.78 is 5.08. The van der Waals surface area contributed by atoms with E-state index in [0.717, 1.165) is 25.3 Å². The summed E-state index contributed by atoms with van der Waals surface area (Å²) in [6, 6.07) is 6.41. The molecule has 0 atom stereocenters. The first-order valence-corrected chi connectivity index (χ1v) is 6.04. The monoisotopic (exact) mass is 237 g/mol. The second-order valence-electron chi connectivity index (χ2n) is 4.42. The maximum Gasteiger partial charge on any atom is 0.213 e. The van der Waals surface area contributed by atoms with E-state index in [1.165, 1.54) is 0 Å². The highest BCUT2D eigenvalue weighted by atomic mass is 16.5. The van der Waals surface area contributed by atoms with Crippen LogP contribution < -0.4 is 10.1 Å². The largest absolute Gasteiger partial charge is 0.481 e. The highest BCUT2D eigenvalue weighted by Crippen LogP contribution is 2.05. The summed E-state index contributed by atoms with van der Waals surface area (Å²) in [4.78, 5) is 6.66. The van der Waals surface area contributed by atoms with Crippen molar-refractivity contribution < 1.29 is 4.74 Å². The summed E-state index contributed by atoms with van der Waals surface area (Å²) in [6.45, 7) is 7.19. The molecule has 0 spiro atoms. The molecule has 1 rings (SSSR count). The Labute approximate surface area is 104 Å². The smallest absolute Gasteiger partial charge is 0.213 e. The third-order valence-corrected chi connectivity index (χ3v) is 2.82. The molecule has 1 aromatic heterocycles. The summed E-state index contributed by atoms with van der Waals surface area (Å²) in [5.74, 6) is 0.670. The van der Waals surface area contributed by atoms with Crippen molar-refractivity contribution in [1.29, 1.82) is 0 Å². The van der Waals surface area contributed by atoms with Crippen molar-refractivity contribution in [2.24, 2.45) is 0 Å². The van der Waals surface area contributed by atoms with Crippen LogP contribution >= 0.6 is 0 Å². The Kier molecular flexibility index (Phi) is 5.94. The molecule has 4 heteroatoms. The highest BCUT2D eigenvalue weighted by molar-refractivity contribution is 5.15. The minimum atomic E-state index is 0.590. The van der Waals surface area contributed by atoms with Gasteiger partial charge in [-0.1, -0.05) is 6.07 Å². The molecule has 0 aliphatic carbocycles. The molecule has 17 heavy (non-hydrogen) atoms. The van der Waals surface area contributed by atoms with Gasteiger partial charge < -0.3 is 15.0 Å². The van der Waals surface area contributed by atoms with E-state index in [4.69, 9.17) is 4.74 Å². The van der Waals surface area contributed by atoms with Gasteiger partial charge in [-0.3, -0.25) is 0 Å². The summed E-state index contributed by atoms with van der Waals surface area (Å²) >= 11 is 0. The number of likely N-dealkylation sites (N-methyl/N-ethyl adjacent to an activating group) is 1. The Bertz CT molecular complexity index is 328. The molecule has 1 aromatic rings. The molecule has 0 aromatic carbocycles. The van der Waals surface area contributed by atoms with E-state index >= 15 is 0 Å². The summed E-state index contributed by atoms with van der Waals surface area (Å²) in [5.41, 5.74) is 1.01. The van der Waals surface area contributed by atoms with Gasteiger partial charge in [-0.15, -0.1) is 0 Å². The predicted octanol–water partition coefficient (Wildman–Crippen LogP) is 1.52. The van der Waals surface area contributed by atoms with Gasteiger partial charge in [0.1, 0.15) is 0 Å². The second kappa shape index (κ2) is 7.25. The lowest BCUT2D eigenvalue weighted by molar-refractivity contribution is 0.273. The topological polar surface area (TPSA) is 37.4 Å². The zero-order chi connectivity index (χ0) is 12.7. The van der Waals surface area contributed by atoms with Gasteiger partial charge in [0, 0.05) is 31.7 Å². The average Bonchev–Trinajstić information content (AvgIpc) is 2.34. The van der Waals surface area contributed by atoms with Crippen molar-refractivity contribution in [3.63, 3.8) is 0 Å². The Balaban J connectivity index is 2.26. The average molecular weight is 237 g/mol. The lowest BCUT2D eigenvalue weighted by Gasteiger charge is -2.20. The minimum absolute atomic E-state index is 0.590. The Morgan fingerprint density at radius 2 is 2.18 bits per heavy atom. The molecule has 96 valence electrons. The SMILES string of the molecule is COc1cccc(CNCCN(C)C(C)C)n1. The Morgan fingerprint density at radius 1 is 1.41 bits per heavy atom. The molecule has 1 N–H and O–H groups in total. The predicted molar refractivity (Wildman–Crippen MR) is 70.3 cm³/mol. The van der Waals surface area contributed by atoms with E-state index in [1.807, 2.05) is 18.2 Å². The molecule has 0 unspecified atom stereocenters. The van der Waals surface area contributed by atoms with Crippen molar-refractivity contribution in [3.05, 3.63) is 23.9 Å². The quantitative estimate of drug-likeness (QED) is 0.730. The number of nitrogens with one attached hydrogen (secondary N) is 1. The first-order chi connectivity index (χ1) is 8.13. The summed E-state index contributed by atoms with van der Waals surface area (Å²) in [6.07, 6.45) is 0. The molecular formula is C13H23N3O. The van der Waals surface area contributed by atoms with Crippen LogP contribution in [0.25, 0.3) is 0 Å². The second-order valence-corrected chi connectivity index (χ2v) is 4.42. The molecule has 0 radical (unpaired) electrons. The van der Waals surface area contributed by atoms with E-state index in [9.17, 15) is 0 Å². The first kappa shape index (κ1) is 13.9. The van der Waals surface area contributed by atoms with E-state index in [0.29, 0.717) is 11.9 Å². The number of ether oxygens (including phenoxy) is 1. The van der Waals surface area contributed by atoms with E-state index < -0.39 is 0 Å². The van der Waals surface area contributed by atoms with Crippen molar-refractivity contribution in [1.82, 2.24) is 15.2 Å². The van der Waals surface area contributed by atoms with E-state index in [1.54, 1.807) is 7.11 Å². The number of hydrogen-bond donors (Lipinski definition) is 1. The molecule has 0 aliphatic rings. The van der Waals surface area contributed by atoms with Crippen molar-refractivity contribution >= 4 is 0 Å². The van der Waals surface area contributed by atoms with Gasteiger partial charge in [0.05, 0.1) is 12.8 Å². The van der Waals surface area contributed by atoms with Crippen LogP contribution in [0.5, 0.6) is 5.88 Å². The standard InChI is InChI=1S/C13H23N3O/c1-11(2)16(3)9-8-14-10-12-6-5-7-13(15-12)17-4/h5-7,11,14H,8-10H2,1-4H3. The molecule has 0 fully saturated rings. The molecule has 0 aliphatic heterocycles. The molecule has 0 saturated carbocycles. The zero-order valence-electron chi connectivity index (χ0n) is 11.2. The van der Waals surface area contributed by atoms with Gasteiger partial charge in [0.2, 0.25) is 5.88 Å². The van der Waals surface area contributed by atoms with Crippen LogP contribution in [0.2, 0.25) is 0 Å². The van der Waals surface area contributed by atoms with Crippen molar-refractivity contribution in [3.8, 4) is 5.88 Å². The number of aromatic nitrogens is 1. The fourth-order valence-electron chi connectivity index (χ4n) is 1.40. The van der Waals surface area contributed by atoms with Crippen LogP contribution in [-0.2, 0) is 6.54 Å². The molecule has 0 bridgehead atoms. The van der Waals surface area contributed by atoms with Gasteiger partial charge in [-0.05, 0) is 27.0 Å². The van der Waals surface area contributed by atoms with Crippen LogP contribution in [0.1, 0.15) is 19.5 Å². The Hall–Kier alpha value is -1.13. The number of nitrogens with zero attached hydrogens (tertiary/aromatic N) is 2. The van der Waals surface area contributed by atoms with Crippen LogP contribution in [-0.4, -0.2) is 43.2 Å². The maximum atomic E-state index is 5.08. The third kappa shape index (κ3) is 5.15. The van der Waals surface area contributed by atoms with Gasteiger partial charge in [-0.2, -0.15) is 0 Å². The molecule has 4 nitrogen and oxygen atoms in total. The van der Waals surface area contributed by atoms with Crippen LogP contribution in [0, 0.1) is 0 Å². The fourth-order valence-corrected chi connectivity index (χ4v) is 1.40. The van der Waals surface area contributed by atoms with Gasteiger partial charge in [0.15, 0.2) is 0 Å². The van der Waals surface area contributed by atoms with Crippen LogP contribution in [0.3, 0.4) is 0 Å². The number of methoxy groups -OCH3 is 1. The Morgan fingerprint density at radius 3 is 2.82 bits per heavy atom. The van der Waals surface area contributed by atoms with Crippen molar-refractivity contribution in [2.45, 2.75) is 26.4 Å². The maximum absolute atomic E-state index is 5.08. The van der Waals surface area contributed by atoms with Crippen LogP contribution in [0.15, 0.2) is 18.2 Å². The highest BCUT2D eigenvalue weighted by Gasteiger charge is 2.02. The van der Waals surface area contributed by atoms with E-state index in [-0.39, 0.29) is 0 Å². The number of pyridine rings is 1. The lowest BCUT2D eigenvalue weighted by Crippen LogP contribution is -2.33. The van der Waals surface area contributed by atoms with Crippen LogP contribution in [0.4, 0.5) is 0 Å². The fraction of sp³-hybridized carbons (Fsp3) is 0.615.